The minimum atomic E-state index is 0.570. The van der Waals surface area contributed by atoms with Crippen LogP contribution in [0.2, 0.25) is 0 Å². The van der Waals surface area contributed by atoms with Crippen molar-refractivity contribution in [2.75, 3.05) is 0 Å². The summed E-state index contributed by atoms with van der Waals surface area (Å²) in [6.45, 7) is 2.09. The molecule has 4 rings (SSSR count). The summed E-state index contributed by atoms with van der Waals surface area (Å²) in [5.74, 6) is 0.920. The van der Waals surface area contributed by atoms with Gasteiger partial charge in [0.25, 0.3) is 0 Å². The van der Waals surface area contributed by atoms with Crippen LogP contribution in [0.5, 0.6) is 0 Å². The van der Waals surface area contributed by atoms with Crippen molar-refractivity contribution in [1.29, 1.82) is 0 Å². The molecule has 2 heterocycles. The molecule has 0 aliphatic heterocycles. The van der Waals surface area contributed by atoms with Gasteiger partial charge < -0.3 is 8.98 Å². The molecule has 1 saturated carbocycles. The minimum Gasteiger partial charge on any atom is -0.463 e. The highest BCUT2D eigenvalue weighted by atomic mass is 32.1. The summed E-state index contributed by atoms with van der Waals surface area (Å²) in [6, 6.07) is 12.8. The third kappa shape index (κ3) is 2.47. The largest absolute Gasteiger partial charge is 0.463 e. The zero-order valence-electron chi connectivity index (χ0n) is 11.8. The number of thiazole rings is 1. The Morgan fingerprint density at radius 2 is 2.00 bits per heavy atom. The monoisotopic (exact) mass is 296 g/mol. The standard InChI is InChI=1S/C17H16N2OS/c1-12-4-6-13(7-5-12)18-17-19(14-8-9-14)15(11-21-17)16-3-2-10-20-16/h2-7,10-11,14H,8-9H2,1H3. The first-order valence-corrected chi connectivity index (χ1v) is 8.04. The minimum absolute atomic E-state index is 0.570. The summed E-state index contributed by atoms with van der Waals surface area (Å²) < 4.78 is 7.88. The second-order valence-electron chi connectivity index (χ2n) is 5.43. The molecule has 3 nitrogen and oxygen atoms in total. The fourth-order valence-corrected chi connectivity index (χ4v) is 3.39. The van der Waals surface area contributed by atoms with Crippen molar-refractivity contribution in [2.45, 2.75) is 25.8 Å². The Morgan fingerprint density at radius 1 is 1.19 bits per heavy atom. The highest BCUT2D eigenvalue weighted by molar-refractivity contribution is 7.07. The lowest BCUT2D eigenvalue weighted by Crippen LogP contribution is -2.14. The topological polar surface area (TPSA) is 30.4 Å². The first kappa shape index (κ1) is 12.7. The molecular weight excluding hydrogens is 280 g/mol. The normalized spacial score (nSPS) is 15.6. The molecule has 2 aromatic heterocycles. The molecule has 0 amide bonds. The summed E-state index contributed by atoms with van der Waals surface area (Å²) in [5, 5.41) is 2.14. The van der Waals surface area contributed by atoms with Crippen molar-refractivity contribution in [2.24, 2.45) is 4.99 Å². The predicted molar refractivity (Wildman–Crippen MR) is 84.7 cm³/mol. The molecule has 0 radical (unpaired) electrons. The Hall–Kier alpha value is -2.07. The summed E-state index contributed by atoms with van der Waals surface area (Å²) in [4.78, 5) is 5.86. The van der Waals surface area contributed by atoms with E-state index in [1.807, 2.05) is 12.1 Å². The van der Waals surface area contributed by atoms with E-state index in [4.69, 9.17) is 9.41 Å². The van der Waals surface area contributed by atoms with Gasteiger partial charge in [0.2, 0.25) is 0 Å². The first-order valence-electron chi connectivity index (χ1n) is 7.16. The molecule has 1 fully saturated rings. The zero-order chi connectivity index (χ0) is 14.2. The van der Waals surface area contributed by atoms with Gasteiger partial charge in [0, 0.05) is 11.4 Å². The van der Waals surface area contributed by atoms with E-state index in [0.717, 1.165) is 21.9 Å². The van der Waals surface area contributed by atoms with Gasteiger partial charge in [0.1, 0.15) is 0 Å². The number of hydrogen-bond acceptors (Lipinski definition) is 3. The van der Waals surface area contributed by atoms with Crippen LogP contribution in [0.3, 0.4) is 0 Å². The molecule has 0 saturated heterocycles. The van der Waals surface area contributed by atoms with Crippen LogP contribution in [-0.4, -0.2) is 4.57 Å². The van der Waals surface area contributed by atoms with E-state index in [1.165, 1.54) is 18.4 Å². The maximum Gasteiger partial charge on any atom is 0.190 e. The van der Waals surface area contributed by atoms with Crippen molar-refractivity contribution in [1.82, 2.24) is 4.57 Å². The van der Waals surface area contributed by atoms with Gasteiger partial charge in [-0.1, -0.05) is 17.7 Å². The number of hydrogen-bond donors (Lipinski definition) is 0. The number of aromatic nitrogens is 1. The van der Waals surface area contributed by atoms with Gasteiger partial charge in [-0.25, -0.2) is 4.99 Å². The Bertz CT molecular complexity index is 805. The van der Waals surface area contributed by atoms with Crippen molar-refractivity contribution in [3.05, 3.63) is 58.4 Å². The second-order valence-corrected chi connectivity index (χ2v) is 6.27. The second kappa shape index (κ2) is 5.04. The Labute approximate surface area is 127 Å². The van der Waals surface area contributed by atoms with Gasteiger partial charge in [-0.15, -0.1) is 11.3 Å². The number of aryl methyl sites for hydroxylation is 1. The lowest BCUT2D eigenvalue weighted by atomic mass is 10.2. The average molecular weight is 296 g/mol. The van der Waals surface area contributed by atoms with Gasteiger partial charge in [-0.05, 0) is 44.0 Å². The van der Waals surface area contributed by atoms with Crippen LogP contribution in [0.4, 0.5) is 5.69 Å². The predicted octanol–water partition coefficient (Wildman–Crippen LogP) is 4.69. The highest BCUT2D eigenvalue weighted by Gasteiger charge is 2.28. The smallest absolute Gasteiger partial charge is 0.190 e. The first-order chi connectivity index (χ1) is 10.3. The molecule has 0 bridgehead atoms. The Morgan fingerprint density at radius 3 is 2.67 bits per heavy atom. The fraction of sp³-hybridized carbons (Fsp3) is 0.235. The fourth-order valence-electron chi connectivity index (χ4n) is 2.42. The number of rotatable bonds is 3. The van der Waals surface area contributed by atoms with Crippen LogP contribution >= 0.6 is 11.3 Å². The quantitative estimate of drug-likeness (QED) is 0.690. The number of benzene rings is 1. The molecule has 0 unspecified atom stereocenters. The average Bonchev–Trinajstić information content (AvgIpc) is 3.01. The van der Waals surface area contributed by atoms with E-state index in [0.29, 0.717) is 6.04 Å². The molecular formula is C17H16N2OS. The van der Waals surface area contributed by atoms with E-state index in [1.54, 1.807) is 17.6 Å². The van der Waals surface area contributed by atoms with E-state index in [2.05, 4.69) is 41.1 Å². The Kier molecular flexibility index (Phi) is 3.04. The summed E-state index contributed by atoms with van der Waals surface area (Å²) in [7, 11) is 0. The van der Waals surface area contributed by atoms with Crippen LogP contribution in [0, 0.1) is 6.92 Å². The molecule has 21 heavy (non-hydrogen) atoms. The molecule has 1 aliphatic carbocycles. The lowest BCUT2D eigenvalue weighted by Gasteiger charge is -2.04. The van der Waals surface area contributed by atoms with Crippen LogP contribution in [0.25, 0.3) is 11.5 Å². The van der Waals surface area contributed by atoms with Gasteiger partial charge in [-0.2, -0.15) is 0 Å². The van der Waals surface area contributed by atoms with Crippen molar-refractivity contribution in [3.8, 4) is 11.5 Å². The molecule has 1 aliphatic rings. The van der Waals surface area contributed by atoms with E-state index < -0.39 is 0 Å². The van der Waals surface area contributed by atoms with Gasteiger partial charge in [-0.3, -0.25) is 0 Å². The van der Waals surface area contributed by atoms with Gasteiger partial charge in [0.05, 0.1) is 17.6 Å². The van der Waals surface area contributed by atoms with Crippen LogP contribution in [-0.2, 0) is 0 Å². The molecule has 0 atom stereocenters. The molecule has 106 valence electrons. The van der Waals surface area contributed by atoms with E-state index in [-0.39, 0.29) is 0 Å². The zero-order valence-corrected chi connectivity index (χ0v) is 12.6. The maximum atomic E-state index is 5.56. The number of nitrogens with zero attached hydrogens (tertiary/aromatic N) is 2. The maximum absolute atomic E-state index is 5.56. The highest BCUT2D eigenvalue weighted by Crippen LogP contribution is 2.38. The van der Waals surface area contributed by atoms with Crippen molar-refractivity contribution >= 4 is 17.0 Å². The third-order valence-electron chi connectivity index (χ3n) is 3.69. The SMILES string of the molecule is Cc1ccc(N=c2scc(-c3ccco3)n2C2CC2)cc1. The Balaban J connectivity index is 1.84. The van der Waals surface area contributed by atoms with Gasteiger partial charge in [0.15, 0.2) is 10.6 Å². The van der Waals surface area contributed by atoms with Crippen LogP contribution in [0.1, 0.15) is 24.4 Å². The molecule has 1 aromatic carbocycles. The van der Waals surface area contributed by atoms with Crippen LogP contribution in [0.15, 0.2) is 57.5 Å². The molecule has 0 N–H and O–H groups in total. The molecule has 0 spiro atoms. The van der Waals surface area contributed by atoms with E-state index in [9.17, 15) is 0 Å². The summed E-state index contributed by atoms with van der Waals surface area (Å²) >= 11 is 1.68. The molecule has 3 aromatic rings. The van der Waals surface area contributed by atoms with Crippen molar-refractivity contribution in [3.63, 3.8) is 0 Å². The van der Waals surface area contributed by atoms with Gasteiger partial charge >= 0.3 is 0 Å². The lowest BCUT2D eigenvalue weighted by molar-refractivity contribution is 0.570. The number of furan rings is 1. The summed E-state index contributed by atoms with van der Waals surface area (Å²) in [6.07, 6.45) is 4.18. The van der Waals surface area contributed by atoms with E-state index >= 15 is 0 Å². The van der Waals surface area contributed by atoms with Crippen molar-refractivity contribution < 1.29 is 4.42 Å². The van der Waals surface area contributed by atoms with Crippen LogP contribution < -0.4 is 4.80 Å². The molecule has 4 heteroatoms. The summed E-state index contributed by atoms with van der Waals surface area (Å²) in [5.41, 5.74) is 3.40. The third-order valence-corrected chi connectivity index (χ3v) is 4.53.